The van der Waals surface area contributed by atoms with Gasteiger partial charge in [0.15, 0.2) is 0 Å². The van der Waals surface area contributed by atoms with Gasteiger partial charge >= 0.3 is 0 Å². The molecule has 0 nitrogen and oxygen atoms in total. The van der Waals surface area contributed by atoms with Crippen LogP contribution in [0.15, 0.2) is 78.9 Å². The molecule has 1 aliphatic rings. The number of hydrogen-bond donors (Lipinski definition) is 0. The number of hydrogen-bond acceptors (Lipinski definition) is 0. The molecule has 0 bridgehead atoms. The highest BCUT2D eigenvalue weighted by Crippen LogP contribution is 2.34. The fourth-order valence-electron chi connectivity index (χ4n) is 5.28. The third-order valence-electron chi connectivity index (χ3n) is 7.30. The Hall–Kier alpha value is -2.60. The van der Waals surface area contributed by atoms with Crippen molar-refractivity contribution >= 4 is 16.8 Å². The molecule has 0 heteroatoms. The average Bonchev–Trinajstić information content (AvgIpc) is 2.84. The molecular weight excluding hydrogens is 384 g/mol. The molecule has 0 spiro atoms. The van der Waals surface area contributed by atoms with Crippen LogP contribution in [0, 0.1) is 11.8 Å². The summed E-state index contributed by atoms with van der Waals surface area (Å²) in [4.78, 5) is 0. The summed E-state index contributed by atoms with van der Waals surface area (Å²) in [6.45, 7) is 4.20. The van der Waals surface area contributed by atoms with E-state index in [9.17, 15) is 0 Å². The zero-order chi connectivity index (χ0) is 22.2. The van der Waals surface area contributed by atoms with Crippen LogP contribution in [0.25, 0.3) is 28.0 Å². The monoisotopic (exact) mass is 422 g/mol. The van der Waals surface area contributed by atoms with Crippen molar-refractivity contribution in [3.63, 3.8) is 0 Å². The first-order valence-corrected chi connectivity index (χ1v) is 12.6. The summed E-state index contributed by atoms with van der Waals surface area (Å²) in [5.41, 5.74) is 5.37. The van der Waals surface area contributed by atoms with E-state index >= 15 is 0 Å². The summed E-state index contributed by atoms with van der Waals surface area (Å²) in [6.07, 6.45) is 19.8. The predicted molar refractivity (Wildman–Crippen MR) is 142 cm³/mol. The Kier molecular flexibility index (Phi) is 7.99. The zero-order valence-corrected chi connectivity index (χ0v) is 19.9. The number of allylic oxidation sites excluding steroid dienone is 3. The molecule has 32 heavy (non-hydrogen) atoms. The van der Waals surface area contributed by atoms with Crippen molar-refractivity contribution in [2.24, 2.45) is 11.8 Å². The van der Waals surface area contributed by atoms with Crippen molar-refractivity contribution in [3.8, 4) is 11.1 Å². The highest BCUT2D eigenvalue weighted by atomic mass is 14.3. The minimum absolute atomic E-state index is 0.931. The Balaban J connectivity index is 1.31. The van der Waals surface area contributed by atoms with E-state index in [4.69, 9.17) is 0 Å². The minimum atomic E-state index is 0.931. The highest BCUT2D eigenvalue weighted by Gasteiger charge is 2.20. The summed E-state index contributed by atoms with van der Waals surface area (Å²) in [6, 6.07) is 22.8. The Labute approximate surface area is 195 Å². The van der Waals surface area contributed by atoms with Crippen LogP contribution in [0.2, 0.25) is 0 Å². The molecule has 0 amide bonds. The second-order valence-corrected chi connectivity index (χ2v) is 9.59. The number of fused-ring (bicyclic) bond motifs is 1. The normalized spacial score (nSPS) is 19.3. The van der Waals surface area contributed by atoms with Crippen molar-refractivity contribution in [1.82, 2.24) is 0 Å². The lowest BCUT2D eigenvalue weighted by Crippen LogP contribution is -2.15. The van der Waals surface area contributed by atoms with E-state index in [0.717, 1.165) is 11.8 Å². The van der Waals surface area contributed by atoms with Gasteiger partial charge in [0.2, 0.25) is 0 Å². The quantitative estimate of drug-likeness (QED) is 0.317. The van der Waals surface area contributed by atoms with E-state index < -0.39 is 0 Å². The van der Waals surface area contributed by atoms with Crippen molar-refractivity contribution in [2.75, 3.05) is 0 Å². The van der Waals surface area contributed by atoms with Gasteiger partial charge in [-0.25, -0.2) is 0 Å². The molecule has 0 atom stereocenters. The lowest BCUT2D eigenvalue weighted by atomic mass is 9.78. The topological polar surface area (TPSA) is 0 Å². The molecule has 3 aromatic carbocycles. The number of aryl methyl sites for hydroxylation is 1. The van der Waals surface area contributed by atoms with Gasteiger partial charge < -0.3 is 0 Å². The van der Waals surface area contributed by atoms with Crippen LogP contribution in [0.3, 0.4) is 0 Å². The Morgan fingerprint density at radius 1 is 0.688 bits per heavy atom. The van der Waals surface area contributed by atoms with Crippen molar-refractivity contribution in [3.05, 3.63) is 90.0 Å². The first-order valence-electron chi connectivity index (χ1n) is 12.6. The number of rotatable bonds is 8. The Morgan fingerprint density at radius 3 is 2.06 bits per heavy atom. The molecule has 1 fully saturated rings. The van der Waals surface area contributed by atoms with Crippen molar-refractivity contribution in [1.29, 1.82) is 0 Å². The molecule has 0 aliphatic heterocycles. The Morgan fingerprint density at radius 2 is 1.34 bits per heavy atom. The SMILES string of the molecule is C/C=C/CCC1CCC(CCc2ccc(-c3ccc4cc(/C=C/C)ccc4c3)cc2)CC1. The van der Waals surface area contributed by atoms with Crippen molar-refractivity contribution in [2.45, 2.75) is 65.2 Å². The Bertz CT molecular complexity index is 1040. The van der Waals surface area contributed by atoms with Gasteiger partial charge in [0.25, 0.3) is 0 Å². The summed E-state index contributed by atoms with van der Waals surface area (Å²) in [5, 5.41) is 2.61. The van der Waals surface area contributed by atoms with Crippen LogP contribution in [0.1, 0.15) is 69.9 Å². The molecular formula is C32H38. The zero-order valence-electron chi connectivity index (χ0n) is 19.9. The van der Waals surface area contributed by atoms with E-state index in [1.54, 1.807) is 0 Å². The van der Waals surface area contributed by atoms with Gasteiger partial charge in [-0.05, 0) is 96.5 Å². The van der Waals surface area contributed by atoms with Gasteiger partial charge in [-0.2, -0.15) is 0 Å². The summed E-state index contributed by atoms with van der Waals surface area (Å²) in [7, 11) is 0. The third-order valence-corrected chi connectivity index (χ3v) is 7.30. The lowest BCUT2D eigenvalue weighted by Gasteiger charge is -2.28. The van der Waals surface area contributed by atoms with Crippen molar-refractivity contribution < 1.29 is 0 Å². The van der Waals surface area contributed by atoms with Crippen LogP contribution in [0.4, 0.5) is 0 Å². The highest BCUT2D eigenvalue weighted by molar-refractivity contribution is 5.89. The first-order chi connectivity index (χ1) is 15.7. The minimum Gasteiger partial charge on any atom is -0.0917 e. The summed E-state index contributed by atoms with van der Waals surface area (Å²) >= 11 is 0. The van der Waals surface area contributed by atoms with Gasteiger partial charge in [-0.1, -0.05) is 98.5 Å². The summed E-state index contributed by atoms with van der Waals surface area (Å²) < 4.78 is 0. The molecule has 0 unspecified atom stereocenters. The second kappa shape index (κ2) is 11.3. The average molecular weight is 423 g/mol. The molecule has 0 N–H and O–H groups in total. The molecule has 1 saturated carbocycles. The maximum absolute atomic E-state index is 2.34. The molecule has 1 aliphatic carbocycles. The molecule has 0 saturated heterocycles. The predicted octanol–water partition coefficient (Wildman–Crippen LogP) is 9.64. The third kappa shape index (κ3) is 6.00. The molecule has 0 radical (unpaired) electrons. The van der Waals surface area contributed by atoms with Crippen LogP contribution in [-0.2, 0) is 6.42 Å². The molecule has 3 aromatic rings. The maximum atomic E-state index is 2.34. The maximum Gasteiger partial charge on any atom is -0.0177 e. The van der Waals surface area contributed by atoms with Gasteiger partial charge in [0.05, 0.1) is 0 Å². The van der Waals surface area contributed by atoms with E-state index in [1.165, 1.54) is 84.4 Å². The van der Waals surface area contributed by atoms with Gasteiger partial charge in [0.1, 0.15) is 0 Å². The molecule has 4 rings (SSSR count). The van der Waals surface area contributed by atoms with Gasteiger partial charge in [-0.3, -0.25) is 0 Å². The largest absolute Gasteiger partial charge is 0.0917 e. The summed E-state index contributed by atoms with van der Waals surface area (Å²) in [5.74, 6) is 1.90. The second-order valence-electron chi connectivity index (χ2n) is 9.59. The standard InChI is InChI=1S/C32H38/c1-3-5-6-8-25-9-11-26(12-10-25)13-14-27-15-18-29(19-16-27)31-22-21-30-23-28(7-4-2)17-20-32(30)24-31/h3-5,7,15-26H,6,8-14H2,1-2H3/b5-3+,7-4+. The van der Waals surface area contributed by atoms with Crippen LogP contribution < -0.4 is 0 Å². The van der Waals surface area contributed by atoms with Crippen LogP contribution >= 0.6 is 0 Å². The molecule has 0 heterocycles. The number of benzene rings is 3. The fourth-order valence-corrected chi connectivity index (χ4v) is 5.28. The van der Waals surface area contributed by atoms with Gasteiger partial charge in [-0.15, -0.1) is 0 Å². The smallest absolute Gasteiger partial charge is 0.0177 e. The van der Waals surface area contributed by atoms with E-state index in [-0.39, 0.29) is 0 Å². The first kappa shape index (κ1) is 22.6. The van der Waals surface area contributed by atoms with Gasteiger partial charge in [0, 0.05) is 0 Å². The van der Waals surface area contributed by atoms with Crippen LogP contribution in [0.5, 0.6) is 0 Å². The van der Waals surface area contributed by atoms with E-state index in [0.29, 0.717) is 0 Å². The van der Waals surface area contributed by atoms with Crippen LogP contribution in [-0.4, -0.2) is 0 Å². The molecule has 166 valence electrons. The lowest BCUT2D eigenvalue weighted by molar-refractivity contribution is 0.254. The fraction of sp³-hybridized carbons (Fsp3) is 0.375. The van der Waals surface area contributed by atoms with E-state index in [2.05, 4.69) is 98.8 Å². The van der Waals surface area contributed by atoms with E-state index in [1.807, 2.05) is 0 Å². The molecule has 0 aromatic heterocycles.